The van der Waals surface area contributed by atoms with Crippen LogP contribution in [-0.2, 0) is 23.0 Å². The summed E-state index contributed by atoms with van der Waals surface area (Å²) in [4.78, 5) is 10.1. The summed E-state index contributed by atoms with van der Waals surface area (Å²) in [7, 11) is 0. The van der Waals surface area contributed by atoms with E-state index in [1.165, 1.54) is 0 Å². The molecule has 4 heteroatoms. The molecule has 0 saturated carbocycles. The van der Waals surface area contributed by atoms with Crippen molar-refractivity contribution in [1.82, 2.24) is 0 Å². The third-order valence-electron chi connectivity index (χ3n) is 2.36. The van der Waals surface area contributed by atoms with Crippen LogP contribution < -0.4 is 0 Å². The summed E-state index contributed by atoms with van der Waals surface area (Å²) in [5.41, 5.74) is 1.49. The van der Waals surface area contributed by atoms with Crippen molar-refractivity contribution in [2.45, 2.75) is 27.1 Å². The van der Waals surface area contributed by atoms with E-state index in [0.29, 0.717) is 13.2 Å². The predicted molar refractivity (Wildman–Crippen MR) is 64.0 cm³/mol. The molecule has 0 aliphatic carbocycles. The average Bonchev–Trinajstić information content (AvgIpc) is 2.35. The zero-order valence-electron chi connectivity index (χ0n) is 10.3. The van der Waals surface area contributed by atoms with Gasteiger partial charge in [-0.1, -0.05) is 38.1 Å². The summed E-state index contributed by atoms with van der Waals surface area (Å²) in [6.45, 7) is 4.52. The smallest absolute Gasteiger partial charge is 0.107 e. The van der Waals surface area contributed by atoms with E-state index in [-0.39, 0.29) is 18.6 Å². The number of benzene rings is 1. The SMILES string of the molecule is CC(C)(CO)COOCc1cccc(CO)c1. The van der Waals surface area contributed by atoms with Gasteiger partial charge in [0.25, 0.3) is 0 Å². The molecule has 0 aliphatic rings. The average molecular weight is 240 g/mol. The maximum absolute atomic E-state index is 9.02. The predicted octanol–water partition coefficient (Wildman–Crippen LogP) is 1.65. The van der Waals surface area contributed by atoms with Crippen LogP contribution in [0.25, 0.3) is 0 Å². The Kier molecular flexibility index (Phi) is 5.58. The minimum atomic E-state index is -0.299. The molecule has 1 aromatic carbocycles. The van der Waals surface area contributed by atoms with Crippen LogP contribution in [0.2, 0.25) is 0 Å². The fourth-order valence-corrected chi connectivity index (χ4v) is 1.17. The highest BCUT2D eigenvalue weighted by molar-refractivity contribution is 5.22. The Morgan fingerprint density at radius 2 is 1.82 bits per heavy atom. The topological polar surface area (TPSA) is 58.9 Å². The molecular weight excluding hydrogens is 220 g/mol. The third kappa shape index (κ3) is 5.28. The summed E-state index contributed by atoms with van der Waals surface area (Å²) < 4.78 is 0. The fraction of sp³-hybridized carbons (Fsp3) is 0.538. The molecule has 0 unspecified atom stereocenters. The monoisotopic (exact) mass is 240 g/mol. The first-order valence-corrected chi connectivity index (χ1v) is 5.61. The van der Waals surface area contributed by atoms with E-state index < -0.39 is 0 Å². The molecule has 0 radical (unpaired) electrons. The lowest BCUT2D eigenvalue weighted by atomic mass is 9.97. The maximum atomic E-state index is 9.02. The van der Waals surface area contributed by atoms with Crippen LogP contribution in [0.3, 0.4) is 0 Å². The highest BCUT2D eigenvalue weighted by Gasteiger charge is 2.17. The van der Waals surface area contributed by atoms with Crippen molar-refractivity contribution in [2.24, 2.45) is 5.41 Å². The van der Waals surface area contributed by atoms with Gasteiger partial charge in [0.15, 0.2) is 0 Å². The molecule has 1 rings (SSSR count). The first-order valence-electron chi connectivity index (χ1n) is 5.61. The minimum Gasteiger partial charge on any atom is -0.396 e. The lowest BCUT2D eigenvalue weighted by molar-refractivity contribution is -0.318. The molecule has 0 bridgehead atoms. The summed E-state index contributed by atoms with van der Waals surface area (Å²) in [5.74, 6) is 0. The molecular formula is C13H20O4. The van der Waals surface area contributed by atoms with Crippen LogP contribution in [0, 0.1) is 5.41 Å². The zero-order valence-corrected chi connectivity index (χ0v) is 10.3. The number of rotatable bonds is 7. The minimum absolute atomic E-state index is 0.0201. The molecule has 0 saturated heterocycles. The quantitative estimate of drug-likeness (QED) is 0.432. The van der Waals surface area contributed by atoms with Crippen LogP contribution >= 0.6 is 0 Å². The van der Waals surface area contributed by atoms with Crippen molar-refractivity contribution < 1.29 is 20.0 Å². The highest BCUT2D eigenvalue weighted by atomic mass is 17.2. The Hall–Kier alpha value is -0.940. The Labute approximate surface area is 102 Å². The highest BCUT2D eigenvalue weighted by Crippen LogP contribution is 2.14. The van der Waals surface area contributed by atoms with Crippen LogP contribution in [0.5, 0.6) is 0 Å². The van der Waals surface area contributed by atoms with Crippen LogP contribution in [0.1, 0.15) is 25.0 Å². The van der Waals surface area contributed by atoms with E-state index in [0.717, 1.165) is 11.1 Å². The molecule has 0 aliphatic heterocycles. The van der Waals surface area contributed by atoms with Crippen LogP contribution in [0.4, 0.5) is 0 Å². The molecule has 0 amide bonds. The molecule has 4 nitrogen and oxygen atoms in total. The van der Waals surface area contributed by atoms with Gasteiger partial charge in [0.1, 0.15) is 6.61 Å². The van der Waals surface area contributed by atoms with E-state index >= 15 is 0 Å². The van der Waals surface area contributed by atoms with Gasteiger partial charge in [-0.15, -0.1) is 0 Å². The Morgan fingerprint density at radius 1 is 1.12 bits per heavy atom. The summed E-state index contributed by atoms with van der Waals surface area (Å²) >= 11 is 0. The van der Waals surface area contributed by atoms with Crippen molar-refractivity contribution in [3.8, 4) is 0 Å². The number of aliphatic hydroxyl groups is 2. The Bertz CT molecular complexity index is 336. The normalized spacial score (nSPS) is 11.8. The van der Waals surface area contributed by atoms with E-state index in [9.17, 15) is 0 Å². The largest absolute Gasteiger partial charge is 0.396 e. The first-order chi connectivity index (χ1) is 8.07. The number of hydrogen-bond donors (Lipinski definition) is 2. The first kappa shape index (κ1) is 14.1. The lowest BCUT2D eigenvalue weighted by Crippen LogP contribution is -2.23. The van der Waals surface area contributed by atoms with Gasteiger partial charge in [-0.3, -0.25) is 0 Å². The van der Waals surface area contributed by atoms with Gasteiger partial charge in [0.2, 0.25) is 0 Å². The Morgan fingerprint density at radius 3 is 2.47 bits per heavy atom. The molecule has 0 heterocycles. The second kappa shape index (κ2) is 6.71. The van der Waals surface area contributed by atoms with E-state index in [1.54, 1.807) is 0 Å². The van der Waals surface area contributed by atoms with Crippen molar-refractivity contribution >= 4 is 0 Å². The van der Waals surface area contributed by atoms with Crippen molar-refractivity contribution in [2.75, 3.05) is 13.2 Å². The second-order valence-corrected chi connectivity index (χ2v) is 4.82. The van der Waals surface area contributed by atoms with Gasteiger partial charge in [-0.05, 0) is 11.1 Å². The van der Waals surface area contributed by atoms with Crippen LogP contribution in [-0.4, -0.2) is 23.4 Å². The summed E-state index contributed by atoms with van der Waals surface area (Å²) in [5, 5.41) is 18.0. The summed E-state index contributed by atoms with van der Waals surface area (Å²) in [6, 6.07) is 7.47. The molecule has 0 atom stereocenters. The molecule has 1 aromatic rings. The van der Waals surface area contributed by atoms with Gasteiger partial charge in [0.05, 0.1) is 19.8 Å². The van der Waals surface area contributed by atoms with Crippen molar-refractivity contribution in [3.05, 3.63) is 35.4 Å². The standard InChI is InChI=1S/C13H20O4/c1-13(2,9-15)10-17-16-8-12-5-3-4-11(6-12)7-14/h3-6,14-15H,7-10H2,1-2H3. The number of aliphatic hydroxyl groups excluding tert-OH is 2. The Balaban J connectivity index is 2.31. The molecule has 2 N–H and O–H groups in total. The van der Waals surface area contributed by atoms with E-state index in [1.807, 2.05) is 38.1 Å². The zero-order chi connectivity index (χ0) is 12.7. The summed E-state index contributed by atoms with van der Waals surface area (Å²) in [6.07, 6.45) is 0. The van der Waals surface area contributed by atoms with Gasteiger partial charge >= 0.3 is 0 Å². The van der Waals surface area contributed by atoms with E-state index in [4.69, 9.17) is 20.0 Å². The van der Waals surface area contributed by atoms with Gasteiger partial charge < -0.3 is 10.2 Å². The molecule has 0 spiro atoms. The van der Waals surface area contributed by atoms with Gasteiger partial charge in [-0.25, -0.2) is 9.78 Å². The van der Waals surface area contributed by atoms with Gasteiger partial charge in [-0.2, -0.15) is 0 Å². The van der Waals surface area contributed by atoms with Gasteiger partial charge in [0, 0.05) is 5.41 Å². The molecule has 96 valence electrons. The van der Waals surface area contributed by atoms with E-state index in [2.05, 4.69) is 0 Å². The maximum Gasteiger partial charge on any atom is 0.107 e. The molecule has 0 aromatic heterocycles. The van der Waals surface area contributed by atoms with Crippen molar-refractivity contribution in [3.63, 3.8) is 0 Å². The molecule has 17 heavy (non-hydrogen) atoms. The molecule has 0 fully saturated rings. The lowest BCUT2D eigenvalue weighted by Gasteiger charge is -2.20. The number of hydrogen-bond acceptors (Lipinski definition) is 4. The third-order valence-corrected chi connectivity index (χ3v) is 2.36. The fourth-order valence-electron chi connectivity index (χ4n) is 1.17. The second-order valence-electron chi connectivity index (χ2n) is 4.82. The van der Waals surface area contributed by atoms with Crippen LogP contribution in [0.15, 0.2) is 24.3 Å². The van der Waals surface area contributed by atoms with Crippen molar-refractivity contribution in [1.29, 1.82) is 0 Å².